The van der Waals surface area contributed by atoms with Gasteiger partial charge in [-0.15, -0.1) is 11.3 Å². The SMILES string of the molecule is O=C(O)Cc1ccc(C(F)(F)F)s1. The van der Waals surface area contributed by atoms with Crippen molar-refractivity contribution < 1.29 is 23.1 Å². The smallest absolute Gasteiger partial charge is 0.425 e. The average molecular weight is 210 g/mol. The van der Waals surface area contributed by atoms with E-state index < -0.39 is 17.0 Å². The largest absolute Gasteiger partial charge is 0.481 e. The summed E-state index contributed by atoms with van der Waals surface area (Å²) in [4.78, 5) is 9.60. The molecular formula is C7H5F3O2S. The van der Waals surface area contributed by atoms with E-state index in [1.807, 2.05) is 0 Å². The fraction of sp³-hybridized carbons (Fsp3) is 0.286. The number of carboxylic acid groups (broad SMARTS) is 1. The van der Waals surface area contributed by atoms with Crippen molar-refractivity contribution in [1.82, 2.24) is 0 Å². The molecule has 72 valence electrons. The van der Waals surface area contributed by atoms with Crippen molar-refractivity contribution in [3.8, 4) is 0 Å². The maximum Gasteiger partial charge on any atom is 0.425 e. The minimum atomic E-state index is -4.37. The zero-order valence-corrected chi connectivity index (χ0v) is 7.08. The number of hydrogen-bond acceptors (Lipinski definition) is 2. The zero-order valence-electron chi connectivity index (χ0n) is 6.26. The van der Waals surface area contributed by atoms with Crippen LogP contribution in [0, 0.1) is 0 Å². The first kappa shape index (κ1) is 10.0. The summed E-state index contributed by atoms with van der Waals surface area (Å²) in [5.74, 6) is -1.13. The van der Waals surface area contributed by atoms with Crippen LogP contribution in [0.1, 0.15) is 9.75 Å². The van der Waals surface area contributed by atoms with Gasteiger partial charge in [0.05, 0.1) is 6.42 Å². The third-order valence-corrected chi connectivity index (χ3v) is 2.40. The number of thiophene rings is 1. The minimum absolute atomic E-state index is 0.208. The minimum Gasteiger partial charge on any atom is -0.481 e. The molecule has 0 radical (unpaired) electrons. The van der Waals surface area contributed by atoms with Gasteiger partial charge in [0.15, 0.2) is 0 Å². The predicted octanol–water partition coefficient (Wildman–Crippen LogP) is 2.39. The highest BCUT2D eigenvalue weighted by Crippen LogP contribution is 2.34. The average Bonchev–Trinajstić information content (AvgIpc) is 2.32. The van der Waals surface area contributed by atoms with Crippen LogP contribution < -0.4 is 0 Å². The summed E-state index contributed by atoms with van der Waals surface area (Å²) in [7, 11) is 0. The normalized spacial score (nSPS) is 11.6. The topological polar surface area (TPSA) is 37.3 Å². The first-order valence-corrected chi connectivity index (χ1v) is 4.09. The van der Waals surface area contributed by atoms with Gasteiger partial charge in [0, 0.05) is 4.88 Å². The molecule has 0 amide bonds. The van der Waals surface area contributed by atoms with E-state index in [0.717, 1.165) is 6.07 Å². The Morgan fingerprint density at radius 1 is 1.46 bits per heavy atom. The molecule has 0 aliphatic rings. The van der Waals surface area contributed by atoms with Crippen LogP contribution in [0.5, 0.6) is 0 Å². The molecule has 13 heavy (non-hydrogen) atoms. The number of carboxylic acids is 1. The fourth-order valence-electron chi connectivity index (χ4n) is 0.774. The summed E-state index contributed by atoms with van der Waals surface area (Å²) < 4.78 is 36.0. The van der Waals surface area contributed by atoms with Crippen molar-refractivity contribution in [2.24, 2.45) is 0 Å². The fourth-order valence-corrected chi connectivity index (χ4v) is 1.64. The number of rotatable bonds is 2. The second-order valence-electron chi connectivity index (χ2n) is 2.33. The lowest BCUT2D eigenvalue weighted by Gasteiger charge is -2.00. The van der Waals surface area contributed by atoms with E-state index in [4.69, 9.17) is 5.11 Å². The molecule has 0 aliphatic carbocycles. The maximum atomic E-state index is 12.0. The van der Waals surface area contributed by atoms with Crippen LogP contribution in [0.25, 0.3) is 0 Å². The number of alkyl halides is 3. The van der Waals surface area contributed by atoms with Crippen LogP contribution in [0.15, 0.2) is 12.1 Å². The molecule has 0 spiro atoms. The summed E-state index contributed by atoms with van der Waals surface area (Å²) in [5, 5.41) is 8.30. The first-order chi connectivity index (χ1) is 5.89. The van der Waals surface area contributed by atoms with E-state index in [1.165, 1.54) is 6.07 Å². The Kier molecular flexibility index (Phi) is 2.60. The Balaban J connectivity index is 2.81. The van der Waals surface area contributed by atoms with Gasteiger partial charge in [0.2, 0.25) is 0 Å². The van der Waals surface area contributed by atoms with Gasteiger partial charge in [0.1, 0.15) is 4.88 Å². The van der Waals surface area contributed by atoms with E-state index in [2.05, 4.69) is 0 Å². The summed E-state index contributed by atoms with van der Waals surface area (Å²) in [5.41, 5.74) is 0. The molecule has 0 aromatic carbocycles. The van der Waals surface area contributed by atoms with Gasteiger partial charge in [0.25, 0.3) is 0 Å². The summed E-state index contributed by atoms with van der Waals surface area (Å²) >= 11 is 0.462. The standard InChI is InChI=1S/C7H5F3O2S/c8-7(9,10)5-2-1-4(13-5)3-6(11)12/h1-2H,3H2,(H,11,12). The van der Waals surface area contributed by atoms with Gasteiger partial charge in [-0.25, -0.2) is 0 Å². The van der Waals surface area contributed by atoms with Crippen molar-refractivity contribution in [1.29, 1.82) is 0 Å². The van der Waals surface area contributed by atoms with Crippen molar-refractivity contribution in [3.05, 3.63) is 21.9 Å². The monoisotopic (exact) mass is 210 g/mol. The molecule has 0 atom stereocenters. The molecule has 1 heterocycles. The molecule has 1 aromatic heterocycles. The summed E-state index contributed by atoms with van der Waals surface area (Å²) in [6.07, 6.45) is -4.73. The van der Waals surface area contributed by atoms with Crippen LogP contribution in [-0.2, 0) is 17.4 Å². The summed E-state index contributed by atoms with van der Waals surface area (Å²) in [6, 6.07) is 2.07. The van der Waals surface area contributed by atoms with Crippen LogP contribution in [0.4, 0.5) is 13.2 Å². The lowest BCUT2D eigenvalue weighted by atomic mass is 10.3. The molecule has 0 fully saturated rings. The van der Waals surface area contributed by atoms with Crippen LogP contribution in [0.2, 0.25) is 0 Å². The predicted molar refractivity (Wildman–Crippen MR) is 40.7 cm³/mol. The van der Waals surface area contributed by atoms with Gasteiger partial charge >= 0.3 is 12.1 Å². The Morgan fingerprint density at radius 3 is 2.46 bits per heavy atom. The molecule has 0 saturated carbocycles. The van der Waals surface area contributed by atoms with Gasteiger partial charge in [-0.1, -0.05) is 0 Å². The van der Waals surface area contributed by atoms with E-state index in [0.29, 0.717) is 11.3 Å². The molecule has 0 bridgehead atoms. The number of hydrogen-bond donors (Lipinski definition) is 1. The molecule has 1 N–H and O–H groups in total. The Bertz CT molecular complexity index is 316. The highest BCUT2D eigenvalue weighted by Gasteiger charge is 2.32. The molecule has 0 saturated heterocycles. The molecule has 6 heteroatoms. The highest BCUT2D eigenvalue weighted by atomic mass is 32.1. The van der Waals surface area contributed by atoms with E-state index >= 15 is 0 Å². The molecular weight excluding hydrogens is 205 g/mol. The van der Waals surface area contributed by atoms with Gasteiger partial charge < -0.3 is 5.11 Å². The second kappa shape index (κ2) is 3.37. The van der Waals surface area contributed by atoms with Gasteiger partial charge in [-0.2, -0.15) is 13.2 Å². The van der Waals surface area contributed by atoms with E-state index in [9.17, 15) is 18.0 Å². The maximum absolute atomic E-state index is 12.0. The Morgan fingerprint density at radius 2 is 2.08 bits per heavy atom. The molecule has 0 aliphatic heterocycles. The Hall–Kier alpha value is -1.04. The number of carbonyl (C=O) groups is 1. The first-order valence-electron chi connectivity index (χ1n) is 3.27. The quantitative estimate of drug-likeness (QED) is 0.813. The third kappa shape index (κ3) is 2.73. The highest BCUT2D eigenvalue weighted by molar-refractivity contribution is 7.12. The zero-order chi connectivity index (χ0) is 10.1. The molecule has 0 unspecified atom stereocenters. The molecule has 2 nitrogen and oxygen atoms in total. The lowest BCUT2D eigenvalue weighted by molar-refractivity contribution is -0.136. The van der Waals surface area contributed by atoms with Crippen molar-refractivity contribution >= 4 is 17.3 Å². The molecule has 1 rings (SSSR count). The van der Waals surface area contributed by atoms with Gasteiger partial charge in [-0.3, -0.25) is 4.79 Å². The lowest BCUT2D eigenvalue weighted by Crippen LogP contribution is -2.01. The summed E-state index contributed by atoms with van der Waals surface area (Å²) in [6.45, 7) is 0. The van der Waals surface area contributed by atoms with Crippen molar-refractivity contribution in [2.75, 3.05) is 0 Å². The molecule has 1 aromatic rings. The number of aliphatic carboxylic acids is 1. The van der Waals surface area contributed by atoms with E-state index in [-0.39, 0.29) is 11.3 Å². The van der Waals surface area contributed by atoms with Crippen molar-refractivity contribution in [2.45, 2.75) is 12.6 Å². The van der Waals surface area contributed by atoms with Crippen LogP contribution in [-0.4, -0.2) is 11.1 Å². The Labute approximate surface area is 75.6 Å². The second-order valence-corrected chi connectivity index (χ2v) is 3.50. The van der Waals surface area contributed by atoms with Crippen LogP contribution >= 0.6 is 11.3 Å². The number of halogens is 3. The third-order valence-electron chi connectivity index (χ3n) is 1.27. The van der Waals surface area contributed by atoms with Crippen molar-refractivity contribution in [3.63, 3.8) is 0 Å². The van der Waals surface area contributed by atoms with Crippen LogP contribution in [0.3, 0.4) is 0 Å². The van der Waals surface area contributed by atoms with E-state index in [1.54, 1.807) is 0 Å². The van der Waals surface area contributed by atoms with Gasteiger partial charge in [-0.05, 0) is 12.1 Å².